The Kier molecular flexibility index (Phi) is 5.05. The maximum atomic E-state index is 12.5. The monoisotopic (exact) mass is 362 g/mol. The van der Waals surface area contributed by atoms with Gasteiger partial charge >= 0.3 is 0 Å². The number of ether oxygens (including phenoxy) is 1. The van der Waals surface area contributed by atoms with Gasteiger partial charge in [0, 0.05) is 42.9 Å². The Bertz CT molecular complexity index is 685. The summed E-state index contributed by atoms with van der Waals surface area (Å²) < 4.78 is 7.50. The van der Waals surface area contributed by atoms with Gasteiger partial charge in [0.1, 0.15) is 0 Å². The minimum absolute atomic E-state index is 0.0731. The zero-order valence-electron chi connectivity index (χ0n) is 14.6. The van der Waals surface area contributed by atoms with Gasteiger partial charge < -0.3 is 10.1 Å². The number of morpholine rings is 1. The molecule has 136 valence electrons. The van der Waals surface area contributed by atoms with E-state index < -0.39 is 0 Å². The Morgan fingerprint density at radius 1 is 1.28 bits per heavy atom. The Labute approximate surface area is 152 Å². The molecular weight excluding hydrogens is 336 g/mol. The minimum Gasteiger partial charge on any atom is -0.379 e. The largest absolute Gasteiger partial charge is 0.379 e. The molecule has 4 rings (SSSR count). The lowest BCUT2D eigenvalue weighted by molar-refractivity contribution is -0.121. The molecule has 1 saturated carbocycles. The number of nitrogens with one attached hydrogen (secondary N) is 1. The van der Waals surface area contributed by atoms with Gasteiger partial charge in [-0.15, -0.1) is 11.3 Å². The second-order valence-corrected chi connectivity index (χ2v) is 8.04. The Morgan fingerprint density at radius 2 is 2.08 bits per heavy atom. The van der Waals surface area contributed by atoms with Crippen LogP contribution in [0.4, 0.5) is 0 Å². The van der Waals surface area contributed by atoms with Crippen LogP contribution in [-0.4, -0.2) is 58.6 Å². The van der Waals surface area contributed by atoms with Gasteiger partial charge in [-0.2, -0.15) is 0 Å². The normalized spacial score (nSPS) is 21.4. The van der Waals surface area contributed by atoms with Crippen LogP contribution in [0.1, 0.15) is 37.8 Å². The van der Waals surface area contributed by atoms with Crippen molar-refractivity contribution in [2.75, 3.05) is 32.8 Å². The van der Waals surface area contributed by atoms with E-state index in [1.54, 1.807) is 11.3 Å². The van der Waals surface area contributed by atoms with Crippen molar-refractivity contribution < 1.29 is 9.53 Å². The summed E-state index contributed by atoms with van der Waals surface area (Å²) in [6.45, 7) is 4.32. The van der Waals surface area contributed by atoms with E-state index in [0.29, 0.717) is 6.42 Å². The molecule has 0 spiro atoms. The molecule has 2 fully saturated rings. The summed E-state index contributed by atoms with van der Waals surface area (Å²) in [7, 11) is 0. The molecule has 1 aliphatic carbocycles. The molecule has 1 amide bonds. The summed E-state index contributed by atoms with van der Waals surface area (Å²) in [5.74, 6) is 0.0731. The Hall–Kier alpha value is -1.44. The molecule has 6 nitrogen and oxygen atoms in total. The summed E-state index contributed by atoms with van der Waals surface area (Å²) in [5.41, 5.74) is 0.958. The molecule has 25 heavy (non-hydrogen) atoms. The van der Waals surface area contributed by atoms with Crippen molar-refractivity contribution in [3.05, 3.63) is 23.5 Å². The highest BCUT2D eigenvalue weighted by atomic mass is 32.1. The first-order chi connectivity index (χ1) is 12.3. The van der Waals surface area contributed by atoms with Crippen LogP contribution < -0.4 is 5.32 Å². The topological polar surface area (TPSA) is 58.9 Å². The van der Waals surface area contributed by atoms with Gasteiger partial charge in [0.15, 0.2) is 4.96 Å². The van der Waals surface area contributed by atoms with Crippen LogP contribution in [0.5, 0.6) is 0 Å². The fraction of sp³-hybridized carbons (Fsp3) is 0.667. The number of nitrogens with zero attached hydrogens (tertiary/aromatic N) is 3. The van der Waals surface area contributed by atoms with E-state index >= 15 is 0 Å². The number of imidazole rings is 1. The Morgan fingerprint density at radius 3 is 2.84 bits per heavy atom. The number of rotatable bonds is 5. The number of hydrogen-bond acceptors (Lipinski definition) is 5. The van der Waals surface area contributed by atoms with E-state index in [4.69, 9.17) is 4.74 Å². The molecule has 0 bridgehead atoms. The molecule has 0 atom stereocenters. The van der Waals surface area contributed by atoms with E-state index in [-0.39, 0.29) is 11.4 Å². The fourth-order valence-electron chi connectivity index (χ4n) is 4.20. The second kappa shape index (κ2) is 7.43. The molecule has 2 aromatic heterocycles. The molecule has 1 saturated heterocycles. The summed E-state index contributed by atoms with van der Waals surface area (Å²) in [6, 6.07) is 0. The minimum atomic E-state index is 0.0731. The van der Waals surface area contributed by atoms with Crippen molar-refractivity contribution in [2.45, 2.75) is 44.1 Å². The number of amides is 1. The Balaban J connectivity index is 1.38. The van der Waals surface area contributed by atoms with Crippen molar-refractivity contribution in [1.29, 1.82) is 0 Å². The van der Waals surface area contributed by atoms with Gasteiger partial charge in [-0.1, -0.05) is 19.3 Å². The highest BCUT2D eigenvalue weighted by Crippen LogP contribution is 2.33. The zero-order valence-corrected chi connectivity index (χ0v) is 15.4. The van der Waals surface area contributed by atoms with Crippen LogP contribution in [0.3, 0.4) is 0 Å². The summed E-state index contributed by atoms with van der Waals surface area (Å²) >= 11 is 1.59. The molecule has 0 unspecified atom stereocenters. The first-order valence-corrected chi connectivity index (χ1v) is 10.1. The van der Waals surface area contributed by atoms with Crippen LogP contribution in [0, 0.1) is 0 Å². The SMILES string of the molecule is O=C(Cc1cn2ccsc2n1)NCC1(N2CCOCC2)CCCCC1. The van der Waals surface area contributed by atoms with E-state index in [0.717, 1.165) is 43.5 Å². The van der Waals surface area contributed by atoms with Crippen molar-refractivity contribution in [1.82, 2.24) is 19.6 Å². The van der Waals surface area contributed by atoms with Gasteiger partial charge in [-0.3, -0.25) is 14.1 Å². The van der Waals surface area contributed by atoms with Crippen molar-refractivity contribution in [3.63, 3.8) is 0 Å². The van der Waals surface area contributed by atoms with Crippen LogP contribution in [0.2, 0.25) is 0 Å². The standard InChI is InChI=1S/C18H26N4O2S/c23-16(12-15-13-21-8-11-25-17(21)20-15)19-14-18(4-2-1-3-5-18)22-6-9-24-10-7-22/h8,11,13H,1-7,9-10,12,14H2,(H,19,23). The number of hydrogen-bond donors (Lipinski definition) is 1. The maximum absolute atomic E-state index is 12.5. The highest BCUT2D eigenvalue weighted by molar-refractivity contribution is 7.15. The smallest absolute Gasteiger partial charge is 0.226 e. The first kappa shape index (κ1) is 17.0. The van der Waals surface area contributed by atoms with Crippen LogP contribution in [0.25, 0.3) is 4.96 Å². The molecule has 1 N–H and O–H groups in total. The van der Waals surface area contributed by atoms with E-state index in [2.05, 4.69) is 15.2 Å². The molecule has 1 aliphatic heterocycles. The van der Waals surface area contributed by atoms with Gasteiger partial charge in [-0.25, -0.2) is 4.98 Å². The predicted octanol–water partition coefficient (Wildman–Crippen LogP) is 2.09. The lowest BCUT2D eigenvalue weighted by Crippen LogP contribution is -2.59. The number of thiazole rings is 1. The predicted molar refractivity (Wildman–Crippen MR) is 98.0 cm³/mol. The van der Waals surface area contributed by atoms with Gasteiger partial charge in [0.25, 0.3) is 0 Å². The lowest BCUT2D eigenvalue weighted by atomic mass is 9.79. The van der Waals surface area contributed by atoms with Crippen molar-refractivity contribution in [2.24, 2.45) is 0 Å². The highest BCUT2D eigenvalue weighted by Gasteiger charge is 2.38. The molecule has 0 radical (unpaired) electrons. The van der Waals surface area contributed by atoms with Crippen molar-refractivity contribution >= 4 is 22.2 Å². The van der Waals surface area contributed by atoms with E-state index in [9.17, 15) is 4.79 Å². The van der Waals surface area contributed by atoms with Gasteiger partial charge in [-0.05, 0) is 12.8 Å². The van der Waals surface area contributed by atoms with Crippen molar-refractivity contribution in [3.8, 4) is 0 Å². The molecule has 2 aromatic rings. The molecule has 3 heterocycles. The first-order valence-electron chi connectivity index (χ1n) is 9.26. The average Bonchev–Trinajstić information content (AvgIpc) is 3.23. The number of carbonyl (C=O) groups is 1. The number of aromatic nitrogens is 2. The zero-order chi connectivity index (χ0) is 17.1. The summed E-state index contributed by atoms with van der Waals surface area (Å²) in [5, 5.41) is 5.21. The summed E-state index contributed by atoms with van der Waals surface area (Å²) in [4.78, 5) is 20.5. The maximum Gasteiger partial charge on any atom is 0.226 e. The van der Waals surface area contributed by atoms with E-state index in [1.165, 1.54) is 32.1 Å². The molecule has 0 aromatic carbocycles. The third-order valence-electron chi connectivity index (χ3n) is 5.57. The fourth-order valence-corrected chi connectivity index (χ4v) is 4.92. The average molecular weight is 362 g/mol. The lowest BCUT2D eigenvalue weighted by Gasteiger charge is -2.48. The number of fused-ring (bicyclic) bond motifs is 1. The third kappa shape index (κ3) is 3.73. The molecule has 2 aliphatic rings. The second-order valence-electron chi connectivity index (χ2n) is 7.16. The van der Waals surface area contributed by atoms with Crippen LogP contribution in [0.15, 0.2) is 17.8 Å². The van der Waals surface area contributed by atoms with Gasteiger partial charge in [0.05, 0.1) is 25.3 Å². The van der Waals surface area contributed by atoms with Crippen LogP contribution in [-0.2, 0) is 16.0 Å². The molecular formula is C18H26N4O2S. The molecule has 7 heteroatoms. The quantitative estimate of drug-likeness (QED) is 0.885. The third-order valence-corrected chi connectivity index (χ3v) is 6.34. The van der Waals surface area contributed by atoms with Gasteiger partial charge in [0.2, 0.25) is 5.91 Å². The number of carbonyl (C=O) groups excluding carboxylic acids is 1. The van der Waals surface area contributed by atoms with Crippen LogP contribution >= 0.6 is 11.3 Å². The van der Waals surface area contributed by atoms with E-state index in [1.807, 2.05) is 22.2 Å². The summed E-state index contributed by atoms with van der Waals surface area (Å²) in [6.07, 6.45) is 10.4.